The molecule has 1 atom stereocenters. The molecular weight excluding hydrogens is 324 g/mol. The third-order valence-corrected chi connectivity index (χ3v) is 3.95. The minimum Gasteiger partial charge on any atom is -0.444 e. The van der Waals surface area contributed by atoms with E-state index in [1.165, 1.54) is 0 Å². The second kappa shape index (κ2) is 6.73. The first-order chi connectivity index (χ1) is 11.8. The number of carbonyl (C=O) groups is 1. The Kier molecular flexibility index (Phi) is 4.65. The number of rotatable bonds is 4. The van der Waals surface area contributed by atoms with Crippen LogP contribution in [0.15, 0.2) is 16.7 Å². The molecule has 1 amide bonds. The number of amides is 1. The van der Waals surface area contributed by atoms with Gasteiger partial charge in [0.05, 0.1) is 12.2 Å². The zero-order chi connectivity index (χ0) is 18.0. The molecule has 1 unspecified atom stereocenters. The van der Waals surface area contributed by atoms with Crippen molar-refractivity contribution in [1.29, 1.82) is 0 Å². The van der Waals surface area contributed by atoms with Crippen molar-refractivity contribution in [3.05, 3.63) is 23.8 Å². The summed E-state index contributed by atoms with van der Waals surface area (Å²) >= 11 is 0. The summed E-state index contributed by atoms with van der Waals surface area (Å²) in [6, 6.07) is 1.99. The lowest BCUT2D eigenvalue weighted by Gasteiger charge is -2.27. The van der Waals surface area contributed by atoms with E-state index in [9.17, 15) is 4.79 Å². The lowest BCUT2D eigenvalue weighted by Crippen LogP contribution is -2.36. The van der Waals surface area contributed by atoms with Crippen LogP contribution in [-0.2, 0) is 18.3 Å². The molecule has 3 heterocycles. The maximum atomic E-state index is 12.4. The molecule has 2 aromatic rings. The van der Waals surface area contributed by atoms with E-state index >= 15 is 0 Å². The van der Waals surface area contributed by atoms with Crippen LogP contribution in [0.1, 0.15) is 51.2 Å². The molecule has 0 saturated carbocycles. The van der Waals surface area contributed by atoms with E-state index in [0.717, 1.165) is 18.5 Å². The highest BCUT2D eigenvalue weighted by Crippen LogP contribution is 2.33. The van der Waals surface area contributed by atoms with Gasteiger partial charge in [0.1, 0.15) is 11.6 Å². The number of likely N-dealkylation sites (tertiary alicyclic amines) is 1. The molecule has 25 heavy (non-hydrogen) atoms. The molecule has 0 radical (unpaired) electrons. The third-order valence-electron chi connectivity index (χ3n) is 3.95. The first-order valence-corrected chi connectivity index (χ1v) is 8.37. The van der Waals surface area contributed by atoms with Gasteiger partial charge in [-0.15, -0.1) is 5.10 Å². The standard InChI is InChI=1S/C16H24N6O3/c1-16(2,3)25-15(23)22-9-5-6-12(22)13-19-20-14(24-13)17-10-11-7-8-18-21(11)4/h7-8,12H,5-6,9-10H2,1-4H3,(H,17,20). The summed E-state index contributed by atoms with van der Waals surface area (Å²) in [7, 11) is 1.87. The van der Waals surface area contributed by atoms with Gasteiger partial charge in [-0.1, -0.05) is 5.10 Å². The van der Waals surface area contributed by atoms with Gasteiger partial charge in [-0.2, -0.15) is 5.10 Å². The predicted molar refractivity (Wildman–Crippen MR) is 89.7 cm³/mol. The Morgan fingerprint density at radius 2 is 2.24 bits per heavy atom. The zero-order valence-electron chi connectivity index (χ0n) is 15.0. The molecule has 1 aliphatic heterocycles. The highest BCUT2D eigenvalue weighted by atomic mass is 16.6. The van der Waals surface area contributed by atoms with Crippen LogP contribution in [0.2, 0.25) is 0 Å². The van der Waals surface area contributed by atoms with Gasteiger partial charge in [0.2, 0.25) is 5.89 Å². The number of carbonyl (C=O) groups excluding carboxylic acids is 1. The molecule has 1 saturated heterocycles. The first-order valence-electron chi connectivity index (χ1n) is 8.37. The Labute approximate surface area is 146 Å². The van der Waals surface area contributed by atoms with Gasteiger partial charge in [0.15, 0.2) is 0 Å². The molecule has 0 spiro atoms. The average molecular weight is 348 g/mol. The van der Waals surface area contributed by atoms with Crippen LogP contribution >= 0.6 is 0 Å². The van der Waals surface area contributed by atoms with Crippen LogP contribution in [0.3, 0.4) is 0 Å². The fourth-order valence-corrected chi connectivity index (χ4v) is 2.74. The minimum absolute atomic E-state index is 0.241. The van der Waals surface area contributed by atoms with Crippen LogP contribution in [0, 0.1) is 0 Å². The van der Waals surface area contributed by atoms with E-state index in [-0.39, 0.29) is 12.1 Å². The molecule has 0 aromatic carbocycles. The van der Waals surface area contributed by atoms with Gasteiger partial charge in [0, 0.05) is 19.8 Å². The summed E-state index contributed by atoms with van der Waals surface area (Å²) in [6.45, 7) is 6.70. The molecule has 2 aromatic heterocycles. The zero-order valence-corrected chi connectivity index (χ0v) is 15.0. The molecule has 1 N–H and O–H groups in total. The summed E-state index contributed by atoms with van der Waals surface area (Å²) in [5, 5.41) is 15.3. The average Bonchev–Trinajstić information content (AvgIpc) is 3.23. The largest absolute Gasteiger partial charge is 0.444 e. The van der Waals surface area contributed by atoms with Crippen molar-refractivity contribution in [1.82, 2.24) is 24.9 Å². The van der Waals surface area contributed by atoms with Gasteiger partial charge in [-0.3, -0.25) is 9.58 Å². The normalized spacial score (nSPS) is 17.8. The van der Waals surface area contributed by atoms with Gasteiger partial charge in [-0.05, 0) is 39.7 Å². The maximum Gasteiger partial charge on any atom is 0.410 e. The van der Waals surface area contributed by atoms with Crippen molar-refractivity contribution in [2.75, 3.05) is 11.9 Å². The number of anilines is 1. The monoisotopic (exact) mass is 348 g/mol. The van der Waals surface area contributed by atoms with Crippen LogP contribution in [0.4, 0.5) is 10.8 Å². The number of hydrogen-bond acceptors (Lipinski definition) is 7. The van der Waals surface area contributed by atoms with Gasteiger partial charge in [-0.25, -0.2) is 4.79 Å². The SMILES string of the molecule is Cn1nccc1CNc1nnc(C2CCCN2C(=O)OC(C)(C)C)o1. The molecule has 136 valence electrons. The Bertz CT molecular complexity index is 732. The molecular formula is C16H24N6O3. The molecule has 9 heteroatoms. The van der Waals surface area contributed by atoms with Crippen LogP contribution in [0.25, 0.3) is 0 Å². The smallest absolute Gasteiger partial charge is 0.410 e. The lowest BCUT2D eigenvalue weighted by molar-refractivity contribution is 0.0204. The summed E-state index contributed by atoms with van der Waals surface area (Å²) in [5.74, 6) is 0.427. The van der Waals surface area contributed by atoms with Crippen molar-refractivity contribution in [2.24, 2.45) is 7.05 Å². The Morgan fingerprint density at radius 1 is 1.44 bits per heavy atom. The quantitative estimate of drug-likeness (QED) is 0.906. The molecule has 0 aliphatic carbocycles. The number of aromatic nitrogens is 4. The number of nitrogens with zero attached hydrogens (tertiary/aromatic N) is 5. The maximum absolute atomic E-state index is 12.4. The van der Waals surface area contributed by atoms with E-state index in [1.807, 2.05) is 33.9 Å². The summed E-state index contributed by atoms with van der Waals surface area (Å²) in [6.07, 6.45) is 3.04. The van der Waals surface area contributed by atoms with Crippen LogP contribution < -0.4 is 5.32 Å². The van der Waals surface area contributed by atoms with Crippen molar-refractivity contribution < 1.29 is 13.9 Å². The van der Waals surface area contributed by atoms with Crippen molar-refractivity contribution >= 4 is 12.1 Å². The van der Waals surface area contributed by atoms with Gasteiger partial charge < -0.3 is 14.5 Å². The highest BCUT2D eigenvalue weighted by Gasteiger charge is 2.36. The summed E-state index contributed by atoms with van der Waals surface area (Å²) in [4.78, 5) is 14.0. The van der Waals surface area contributed by atoms with Crippen molar-refractivity contribution in [2.45, 2.75) is 51.8 Å². The molecule has 0 bridgehead atoms. The van der Waals surface area contributed by atoms with E-state index in [4.69, 9.17) is 9.15 Å². The third kappa shape index (κ3) is 4.09. The summed E-state index contributed by atoms with van der Waals surface area (Å²) in [5.41, 5.74) is 0.463. The molecule has 1 fully saturated rings. The topological polar surface area (TPSA) is 98.3 Å². The minimum atomic E-state index is -0.533. The van der Waals surface area contributed by atoms with E-state index < -0.39 is 5.60 Å². The Morgan fingerprint density at radius 3 is 2.92 bits per heavy atom. The van der Waals surface area contributed by atoms with Crippen molar-refractivity contribution in [3.8, 4) is 0 Å². The van der Waals surface area contributed by atoms with Gasteiger partial charge in [0.25, 0.3) is 0 Å². The van der Waals surface area contributed by atoms with E-state index in [1.54, 1.807) is 15.8 Å². The number of nitrogens with one attached hydrogen (secondary N) is 1. The molecule has 3 rings (SSSR count). The Hall–Kier alpha value is -2.58. The fourth-order valence-electron chi connectivity index (χ4n) is 2.74. The number of aryl methyl sites for hydroxylation is 1. The predicted octanol–water partition coefficient (Wildman–Crippen LogP) is 2.49. The number of hydrogen-bond donors (Lipinski definition) is 1. The first kappa shape index (κ1) is 17.2. The lowest BCUT2D eigenvalue weighted by atomic mass is 10.2. The van der Waals surface area contributed by atoms with E-state index in [2.05, 4.69) is 20.6 Å². The fraction of sp³-hybridized carbons (Fsp3) is 0.625. The van der Waals surface area contributed by atoms with E-state index in [0.29, 0.717) is 25.0 Å². The summed E-state index contributed by atoms with van der Waals surface area (Å²) < 4.78 is 12.9. The van der Waals surface area contributed by atoms with Gasteiger partial charge >= 0.3 is 12.1 Å². The Balaban J connectivity index is 1.64. The number of ether oxygens (including phenoxy) is 1. The highest BCUT2D eigenvalue weighted by molar-refractivity contribution is 5.69. The van der Waals surface area contributed by atoms with Crippen molar-refractivity contribution in [3.63, 3.8) is 0 Å². The van der Waals surface area contributed by atoms with Crippen LogP contribution in [0.5, 0.6) is 0 Å². The second-order valence-corrected chi connectivity index (χ2v) is 7.08. The molecule has 9 nitrogen and oxygen atoms in total. The molecule has 1 aliphatic rings. The second-order valence-electron chi connectivity index (χ2n) is 7.08. The van der Waals surface area contributed by atoms with Crippen LogP contribution in [-0.4, -0.2) is 43.1 Å².